The predicted molar refractivity (Wildman–Crippen MR) is 152 cm³/mol. The maximum Gasteiger partial charge on any atom is 0.132 e. The van der Waals surface area contributed by atoms with Crippen LogP contribution < -0.4 is 5.73 Å². The summed E-state index contributed by atoms with van der Waals surface area (Å²) >= 11 is 1.32. The number of nitrogens with zero attached hydrogens (tertiary/aromatic N) is 4. The summed E-state index contributed by atoms with van der Waals surface area (Å²) in [5.41, 5.74) is 8.15. The fraction of sp³-hybridized carbons (Fsp3) is 0.500. The molecule has 0 aromatic heterocycles. The summed E-state index contributed by atoms with van der Waals surface area (Å²) in [7, 11) is 0. The highest BCUT2D eigenvalue weighted by Crippen LogP contribution is 2.35. The van der Waals surface area contributed by atoms with E-state index in [0.717, 1.165) is 66.7 Å². The third-order valence-electron chi connectivity index (χ3n) is 6.61. The summed E-state index contributed by atoms with van der Waals surface area (Å²) in [6.07, 6.45) is 18.1. The van der Waals surface area contributed by atoms with Crippen LogP contribution in [0.4, 0.5) is 0 Å². The topological polar surface area (TPSA) is 75.7 Å². The van der Waals surface area contributed by atoms with Crippen molar-refractivity contribution < 1.29 is 8.92 Å². The van der Waals surface area contributed by atoms with E-state index < -0.39 is 0 Å². The fourth-order valence-electron chi connectivity index (χ4n) is 4.67. The maximum atomic E-state index is 5.92. The molecule has 1 fully saturated rings. The zero-order chi connectivity index (χ0) is 26.0. The van der Waals surface area contributed by atoms with E-state index in [4.69, 9.17) is 19.6 Å². The number of hydrogen-bond donors (Lipinski definition) is 1. The van der Waals surface area contributed by atoms with E-state index in [9.17, 15) is 0 Å². The number of ether oxygens (including phenoxy) is 1. The van der Waals surface area contributed by atoms with Gasteiger partial charge in [0, 0.05) is 31.7 Å². The number of rotatable bonds is 7. The van der Waals surface area contributed by atoms with Crippen LogP contribution in [0.2, 0.25) is 0 Å². The van der Waals surface area contributed by atoms with Crippen LogP contribution in [0.1, 0.15) is 46.5 Å². The van der Waals surface area contributed by atoms with Gasteiger partial charge in [-0.3, -0.25) is 0 Å². The van der Waals surface area contributed by atoms with E-state index in [-0.39, 0.29) is 11.5 Å². The molecule has 2 atom stereocenters. The fourth-order valence-corrected chi connectivity index (χ4v) is 5.28. The van der Waals surface area contributed by atoms with Gasteiger partial charge in [-0.25, -0.2) is 9.98 Å². The molecule has 2 heterocycles. The van der Waals surface area contributed by atoms with Gasteiger partial charge in [-0.05, 0) is 62.7 Å². The quantitative estimate of drug-likeness (QED) is 0.209. The van der Waals surface area contributed by atoms with Crippen LogP contribution in [0.3, 0.4) is 0 Å². The van der Waals surface area contributed by atoms with E-state index in [1.54, 1.807) is 12.3 Å². The molecule has 3 rings (SSSR count). The average molecular weight is 512 g/mol. The minimum absolute atomic E-state index is 0.105. The number of nitrogens with two attached hydrogens (primary N) is 1. The molecule has 3 aliphatic rings. The van der Waals surface area contributed by atoms with Crippen molar-refractivity contribution in [2.75, 3.05) is 32.8 Å². The number of hydrogen-bond acceptors (Lipinski definition) is 7. The molecule has 0 aromatic rings. The van der Waals surface area contributed by atoms with Crippen molar-refractivity contribution in [3.8, 4) is 0 Å². The monoisotopic (exact) mass is 511 g/mol. The van der Waals surface area contributed by atoms with E-state index in [0.29, 0.717) is 19.8 Å². The minimum atomic E-state index is 0.105. The van der Waals surface area contributed by atoms with E-state index in [1.165, 1.54) is 12.0 Å². The molecular weight excluding hydrogens is 470 g/mol. The Labute approximate surface area is 221 Å². The first kappa shape index (κ1) is 28.0. The second kappa shape index (κ2) is 13.7. The normalized spacial score (nSPS) is 26.1. The molecule has 2 aliphatic heterocycles. The highest BCUT2D eigenvalue weighted by molar-refractivity contribution is 7.98. The Balaban J connectivity index is 1.72. The number of allylic oxidation sites excluding steroid dienone is 3. The molecule has 2 N–H and O–H groups in total. The molecule has 1 aliphatic carbocycles. The third-order valence-corrected chi connectivity index (χ3v) is 7.31. The van der Waals surface area contributed by atoms with E-state index in [2.05, 4.69) is 59.2 Å². The van der Waals surface area contributed by atoms with Crippen molar-refractivity contribution in [1.82, 2.24) is 9.80 Å². The van der Waals surface area contributed by atoms with Gasteiger partial charge in [-0.15, -0.1) is 0 Å². The lowest BCUT2D eigenvalue weighted by Crippen LogP contribution is -2.39. The van der Waals surface area contributed by atoms with Crippen molar-refractivity contribution in [1.29, 1.82) is 0 Å². The SMILES string of the molecule is C=C/C(=N\C=C(/C)OCC)N1CCCC(C)(CN2C=NC3=CC=C(CN)C=CC32)CCCOSC1=C. The first-order valence-corrected chi connectivity index (χ1v) is 13.5. The molecule has 0 spiro atoms. The highest BCUT2D eigenvalue weighted by Gasteiger charge is 2.32. The first-order chi connectivity index (χ1) is 17.4. The van der Waals surface area contributed by atoms with Gasteiger partial charge in [0.15, 0.2) is 0 Å². The van der Waals surface area contributed by atoms with Crippen molar-refractivity contribution in [2.24, 2.45) is 21.1 Å². The Morgan fingerprint density at radius 3 is 2.94 bits per heavy atom. The van der Waals surface area contributed by atoms with Crippen LogP contribution >= 0.6 is 12.0 Å². The van der Waals surface area contributed by atoms with Gasteiger partial charge in [-0.1, -0.05) is 38.3 Å². The Morgan fingerprint density at radius 2 is 2.19 bits per heavy atom. The lowest BCUT2D eigenvalue weighted by Gasteiger charge is -2.36. The van der Waals surface area contributed by atoms with Gasteiger partial charge in [0.25, 0.3) is 0 Å². The summed E-state index contributed by atoms with van der Waals surface area (Å²) in [4.78, 5) is 13.8. The molecule has 0 bridgehead atoms. The molecular formula is C28H41N5O2S. The van der Waals surface area contributed by atoms with Crippen LogP contribution in [0.25, 0.3) is 0 Å². The zero-order valence-electron chi connectivity index (χ0n) is 22.0. The van der Waals surface area contributed by atoms with E-state index >= 15 is 0 Å². The molecule has 8 heteroatoms. The summed E-state index contributed by atoms with van der Waals surface area (Å²) < 4.78 is 11.4. The molecule has 0 aromatic carbocycles. The second-order valence-corrected chi connectivity index (χ2v) is 10.5. The highest BCUT2D eigenvalue weighted by atomic mass is 32.2. The predicted octanol–water partition coefficient (Wildman–Crippen LogP) is 5.54. The molecule has 0 radical (unpaired) electrons. The van der Waals surface area contributed by atoms with Crippen LogP contribution in [0, 0.1) is 5.41 Å². The van der Waals surface area contributed by atoms with Crippen LogP contribution in [-0.2, 0) is 8.92 Å². The van der Waals surface area contributed by atoms with Crippen molar-refractivity contribution >= 4 is 24.2 Å². The smallest absolute Gasteiger partial charge is 0.132 e. The summed E-state index contributed by atoms with van der Waals surface area (Å²) in [5, 5.41) is 0.813. The van der Waals surface area contributed by atoms with Crippen LogP contribution in [0.15, 0.2) is 81.8 Å². The zero-order valence-corrected chi connectivity index (χ0v) is 22.8. The van der Waals surface area contributed by atoms with Crippen molar-refractivity contribution in [2.45, 2.75) is 52.5 Å². The maximum absolute atomic E-state index is 5.92. The summed E-state index contributed by atoms with van der Waals surface area (Å²) in [6, 6.07) is 0.156. The summed E-state index contributed by atoms with van der Waals surface area (Å²) in [5.74, 6) is 1.50. The van der Waals surface area contributed by atoms with Gasteiger partial charge in [0.1, 0.15) is 11.6 Å². The Morgan fingerprint density at radius 1 is 1.39 bits per heavy atom. The Hall–Kier alpha value is -2.55. The van der Waals surface area contributed by atoms with Gasteiger partial charge >= 0.3 is 0 Å². The van der Waals surface area contributed by atoms with Crippen LogP contribution in [-0.4, -0.2) is 60.9 Å². The lowest BCUT2D eigenvalue weighted by molar-refractivity contribution is 0.178. The lowest BCUT2D eigenvalue weighted by atomic mass is 9.80. The molecule has 7 nitrogen and oxygen atoms in total. The molecule has 196 valence electrons. The average Bonchev–Trinajstić information content (AvgIpc) is 3.09. The number of aliphatic imine (C=N–C) groups is 2. The third kappa shape index (κ3) is 7.72. The Kier molecular flexibility index (Phi) is 10.6. The van der Waals surface area contributed by atoms with Crippen molar-refractivity contribution in [3.05, 3.63) is 71.8 Å². The first-order valence-electron chi connectivity index (χ1n) is 12.7. The van der Waals surface area contributed by atoms with Crippen molar-refractivity contribution in [3.63, 3.8) is 0 Å². The molecule has 0 saturated carbocycles. The van der Waals surface area contributed by atoms with Gasteiger partial charge in [-0.2, -0.15) is 0 Å². The molecule has 0 amide bonds. The van der Waals surface area contributed by atoms with Crippen LogP contribution in [0.5, 0.6) is 0 Å². The molecule has 36 heavy (non-hydrogen) atoms. The van der Waals surface area contributed by atoms with Gasteiger partial charge < -0.3 is 24.5 Å². The summed E-state index contributed by atoms with van der Waals surface area (Å²) in [6.45, 7) is 18.0. The van der Waals surface area contributed by atoms with Gasteiger partial charge in [0.05, 0.1) is 42.5 Å². The standard InChI is InChI=1S/C28H41N5O2S/c1-6-27(30-19-22(3)34-7-2)33-16-8-14-28(5,15-9-17-35-36-23(33)4)20-32-21-31-25-12-10-24(18-29)11-13-26(25)32/h6,10-13,19,21,26H,1,4,7-9,14-18,20,29H2,2-3,5H3/b22-19+,30-27+. The molecule has 2 unspecified atom stereocenters. The number of fused-ring (bicyclic) bond motifs is 1. The molecule has 1 saturated heterocycles. The van der Waals surface area contributed by atoms with E-state index in [1.807, 2.05) is 20.2 Å². The number of amidine groups is 1. The van der Waals surface area contributed by atoms with Gasteiger partial charge in [0.2, 0.25) is 0 Å². The Bertz CT molecular complexity index is 980. The second-order valence-electron chi connectivity index (χ2n) is 9.59. The minimum Gasteiger partial charge on any atom is -0.497 e. The largest absolute Gasteiger partial charge is 0.497 e.